The van der Waals surface area contributed by atoms with Crippen LogP contribution in [-0.2, 0) is 6.42 Å². The molecule has 1 N–H and O–H groups in total. The molecule has 1 aliphatic heterocycles. The molecular formula is C21H19NO3. The summed E-state index contributed by atoms with van der Waals surface area (Å²) in [5.74, 6) is -0.199. The van der Waals surface area contributed by atoms with E-state index < -0.39 is 6.04 Å². The van der Waals surface area contributed by atoms with Gasteiger partial charge in [0.25, 0.3) is 5.91 Å². The molecule has 0 saturated carbocycles. The first-order valence-electron chi connectivity index (χ1n) is 8.48. The van der Waals surface area contributed by atoms with Crippen molar-refractivity contribution in [2.24, 2.45) is 0 Å². The fraction of sp³-hybridized carbons (Fsp3) is 0.238. The van der Waals surface area contributed by atoms with Gasteiger partial charge in [0.05, 0.1) is 17.0 Å². The van der Waals surface area contributed by atoms with Crippen molar-refractivity contribution < 1.29 is 9.21 Å². The van der Waals surface area contributed by atoms with E-state index in [0.717, 1.165) is 23.1 Å². The van der Waals surface area contributed by atoms with E-state index in [-0.39, 0.29) is 17.1 Å². The summed E-state index contributed by atoms with van der Waals surface area (Å²) in [7, 11) is 0. The number of hydrogen-bond donors (Lipinski definition) is 1. The van der Waals surface area contributed by atoms with E-state index in [0.29, 0.717) is 16.5 Å². The maximum atomic E-state index is 13.1. The van der Waals surface area contributed by atoms with Crippen molar-refractivity contribution >= 4 is 16.9 Å². The molecule has 4 rings (SSSR count). The third-order valence-electron chi connectivity index (χ3n) is 5.11. The quantitative estimate of drug-likeness (QED) is 0.776. The van der Waals surface area contributed by atoms with Crippen LogP contribution in [0.15, 0.2) is 45.6 Å². The summed E-state index contributed by atoms with van der Waals surface area (Å²) in [5, 5.41) is 3.41. The number of rotatable bonds is 2. The lowest BCUT2D eigenvalue weighted by Gasteiger charge is -2.12. The number of fused-ring (bicyclic) bond motifs is 2. The van der Waals surface area contributed by atoms with Gasteiger partial charge in [0, 0.05) is 0 Å². The highest BCUT2D eigenvalue weighted by Gasteiger charge is 2.36. The van der Waals surface area contributed by atoms with Crippen molar-refractivity contribution in [3.05, 3.63) is 80.2 Å². The molecular weight excluding hydrogens is 314 g/mol. The number of nitrogens with one attached hydrogen (secondary N) is 1. The van der Waals surface area contributed by atoms with Gasteiger partial charge in [0.1, 0.15) is 5.58 Å². The molecule has 4 nitrogen and oxygen atoms in total. The van der Waals surface area contributed by atoms with Crippen LogP contribution in [0.3, 0.4) is 0 Å². The van der Waals surface area contributed by atoms with Gasteiger partial charge in [-0.3, -0.25) is 9.59 Å². The van der Waals surface area contributed by atoms with Gasteiger partial charge < -0.3 is 9.73 Å². The summed E-state index contributed by atoms with van der Waals surface area (Å²) in [5.41, 5.74) is 4.79. The predicted molar refractivity (Wildman–Crippen MR) is 97.1 cm³/mol. The van der Waals surface area contributed by atoms with Crippen LogP contribution in [0.2, 0.25) is 0 Å². The lowest BCUT2D eigenvalue weighted by atomic mass is 9.97. The molecule has 1 amide bonds. The molecule has 126 valence electrons. The van der Waals surface area contributed by atoms with Crippen LogP contribution in [0, 0.1) is 13.8 Å². The van der Waals surface area contributed by atoms with Crippen LogP contribution < -0.4 is 10.7 Å². The molecule has 2 aromatic carbocycles. The Morgan fingerprint density at radius 2 is 1.76 bits per heavy atom. The van der Waals surface area contributed by atoms with Gasteiger partial charge in [-0.2, -0.15) is 0 Å². The minimum atomic E-state index is -0.462. The van der Waals surface area contributed by atoms with Gasteiger partial charge in [-0.25, -0.2) is 0 Å². The van der Waals surface area contributed by atoms with E-state index in [1.165, 1.54) is 5.56 Å². The third-order valence-corrected chi connectivity index (χ3v) is 5.11. The zero-order chi connectivity index (χ0) is 17.7. The van der Waals surface area contributed by atoms with Crippen LogP contribution in [0.25, 0.3) is 11.0 Å². The smallest absolute Gasteiger partial charge is 0.288 e. The Morgan fingerprint density at radius 1 is 1.04 bits per heavy atom. The summed E-state index contributed by atoms with van der Waals surface area (Å²) in [4.78, 5) is 25.5. The molecule has 1 atom stereocenters. The van der Waals surface area contributed by atoms with Crippen LogP contribution in [0.4, 0.5) is 0 Å². The Morgan fingerprint density at radius 3 is 2.44 bits per heavy atom. The first-order chi connectivity index (χ1) is 12.0. The summed E-state index contributed by atoms with van der Waals surface area (Å²) >= 11 is 0. The Balaban J connectivity index is 1.96. The molecule has 3 aromatic rings. The molecule has 0 saturated heterocycles. The highest BCUT2D eigenvalue weighted by molar-refractivity contribution is 5.99. The minimum Gasteiger partial charge on any atom is -0.450 e. The van der Waals surface area contributed by atoms with Crippen molar-refractivity contribution in [1.29, 1.82) is 0 Å². The van der Waals surface area contributed by atoms with E-state index in [1.54, 1.807) is 6.07 Å². The van der Waals surface area contributed by atoms with Crippen molar-refractivity contribution in [3.63, 3.8) is 0 Å². The summed E-state index contributed by atoms with van der Waals surface area (Å²) < 4.78 is 5.89. The van der Waals surface area contributed by atoms with E-state index in [1.807, 2.05) is 44.2 Å². The zero-order valence-corrected chi connectivity index (χ0v) is 14.5. The zero-order valence-electron chi connectivity index (χ0n) is 14.5. The van der Waals surface area contributed by atoms with Gasteiger partial charge in [-0.15, -0.1) is 0 Å². The topological polar surface area (TPSA) is 59.3 Å². The van der Waals surface area contributed by atoms with E-state index in [9.17, 15) is 9.59 Å². The Kier molecular flexibility index (Phi) is 3.49. The SMILES string of the molecule is CCc1ccc(C2NC(=O)c3oc4c(C)c(C)ccc4c(=O)c32)cc1. The van der Waals surface area contributed by atoms with Crippen LogP contribution in [-0.4, -0.2) is 5.91 Å². The highest BCUT2D eigenvalue weighted by Crippen LogP contribution is 2.32. The molecule has 0 radical (unpaired) electrons. The van der Waals surface area contributed by atoms with Gasteiger partial charge in [0.15, 0.2) is 5.43 Å². The number of amides is 1. The molecule has 0 spiro atoms. The first-order valence-corrected chi connectivity index (χ1v) is 8.48. The molecule has 1 aliphatic rings. The number of benzene rings is 2. The standard InChI is InChI=1S/C21H19NO3/c1-4-13-6-8-14(9-7-13)17-16-18(23)15-10-5-11(2)12(3)19(15)25-20(16)21(24)22-17/h5-10,17H,4H2,1-3H3,(H,22,24). The molecule has 0 aliphatic carbocycles. The van der Waals surface area contributed by atoms with Crippen LogP contribution in [0.5, 0.6) is 0 Å². The number of aryl methyl sites for hydroxylation is 3. The predicted octanol–water partition coefficient (Wildman–Crippen LogP) is 3.81. The molecule has 2 heterocycles. The largest absolute Gasteiger partial charge is 0.450 e. The Bertz CT molecular complexity index is 1060. The Labute approximate surface area is 145 Å². The fourth-order valence-electron chi connectivity index (χ4n) is 3.40. The van der Waals surface area contributed by atoms with Gasteiger partial charge in [-0.1, -0.05) is 37.3 Å². The second kappa shape index (κ2) is 5.59. The van der Waals surface area contributed by atoms with Crippen LogP contribution in [0.1, 0.15) is 51.3 Å². The third kappa shape index (κ3) is 2.29. The van der Waals surface area contributed by atoms with Gasteiger partial charge in [-0.05, 0) is 48.6 Å². The van der Waals surface area contributed by atoms with Crippen molar-refractivity contribution in [3.8, 4) is 0 Å². The normalized spacial score (nSPS) is 16.1. The number of carbonyl (C=O) groups excluding carboxylic acids is 1. The Hall–Kier alpha value is -2.88. The van der Waals surface area contributed by atoms with Crippen molar-refractivity contribution in [2.75, 3.05) is 0 Å². The van der Waals surface area contributed by atoms with E-state index >= 15 is 0 Å². The molecule has 1 unspecified atom stereocenters. The second-order valence-electron chi connectivity index (χ2n) is 6.56. The number of carbonyl (C=O) groups is 1. The maximum absolute atomic E-state index is 13.1. The van der Waals surface area contributed by atoms with Crippen LogP contribution >= 0.6 is 0 Å². The van der Waals surface area contributed by atoms with Crippen molar-refractivity contribution in [2.45, 2.75) is 33.2 Å². The average Bonchev–Trinajstić information content (AvgIpc) is 2.96. The highest BCUT2D eigenvalue weighted by atomic mass is 16.3. The summed E-state index contributed by atoms with van der Waals surface area (Å²) in [6.45, 7) is 5.95. The maximum Gasteiger partial charge on any atom is 0.288 e. The lowest BCUT2D eigenvalue weighted by molar-refractivity contribution is 0.0938. The molecule has 4 heteroatoms. The monoisotopic (exact) mass is 333 g/mol. The average molecular weight is 333 g/mol. The minimum absolute atomic E-state index is 0.135. The molecule has 1 aromatic heterocycles. The van der Waals surface area contributed by atoms with Crippen molar-refractivity contribution in [1.82, 2.24) is 5.32 Å². The summed E-state index contributed by atoms with van der Waals surface area (Å²) in [6.07, 6.45) is 0.944. The molecule has 0 fully saturated rings. The molecule has 0 bridgehead atoms. The first kappa shape index (κ1) is 15.6. The van der Waals surface area contributed by atoms with E-state index in [4.69, 9.17) is 4.42 Å². The summed E-state index contributed by atoms with van der Waals surface area (Å²) in [6, 6.07) is 11.2. The number of hydrogen-bond acceptors (Lipinski definition) is 3. The lowest BCUT2D eigenvalue weighted by Crippen LogP contribution is -2.21. The van der Waals surface area contributed by atoms with Gasteiger partial charge in [0.2, 0.25) is 5.76 Å². The van der Waals surface area contributed by atoms with E-state index in [2.05, 4.69) is 12.2 Å². The second-order valence-corrected chi connectivity index (χ2v) is 6.56. The molecule has 25 heavy (non-hydrogen) atoms. The van der Waals surface area contributed by atoms with Gasteiger partial charge >= 0.3 is 0 Å². The fourth-order valence-corrected chi connectivity index (χ4v) is 3.40.